The molecule has 0 saturated carbocycles. The maximum atomic E-state index is 14.2. The van der Waals surface area contributed by atoms with E-state index in [0.717, 1.165) is 30.2 Å². The molecule has 3 aromatic rings. The minimum atomic E-state index is -1.32. The standard InChI is InChI=1S/C56H83N11O14S/c1-38(2)47(68)14-5-4-9-20-57-56(81)58-21-10-8-13-45(55(79)80)62-54(78)46(31-41-33-59-43-12-7-6-11-42(41)43)63-53(77)44(19-30-82-3)61-52(76)40-17-15-39(16-18-40)32-60-48(69)34-64-22-24-65(35-49(70)71)26-28-67(37-51(74)75)29-27-66(25-23-64)36-50(72)73/h6-7,11-12,15-18,33,38,44-46,59H,4-5,8-10,13-14,19-32,34-37H2,1-3H3,(H,60,69)(H,61,76)(H,62,78)(H,63,77)(H,70,71)(H,72,73)(H,74,75)(H,79,80)(H2,57,58,81)/t44?,45?,46-/m0/s1. The number of Topliss-reactive ketones (excluding diaryl/α,β-unsaturated/α-hetero) is 1. The van der Waals surface area contributed by atoms with Crippen LogP contribution in [-0.4, -0.2) is 226 Å². The molecular formula is C56H83N11O14S. The smallest absolute Gasteiger partial charge is 0.326 e. The Hall–Kier alpha value is -7.13. The molecule has 452 valence electrons. The van der Waals surface area contributed by atoms with E-state index in [0.29, 0.717) is 42.7 Å². The third kappa shape index (κ3) is 25.8. The van der Waals surface area contributed by atoms with Crippen LogP contribution in [0.25, 0.3) is 10.9 Å². The van der Waals surface area contributed by atoms with Crippen LogP contribution in [0.15, 0.2) is 54.7 Å². The second kappa shape index (κ2) is 36.4. The number of urea groups is 1. The van der Waals surface area contributed by atoms with Gasteiger partial charge in [0.2, 0.25) is 17.7 Å². The fourth-order valence-corrected chi connectivity index (χ4v) is 9.60. The number of nitrogens with zero attached hydrogens (tertiary/aromatic N) is 4. The highest BCUT2D eigenvalue weighted by Crippen LogP contribution is 2.20. The van der Waals surface area contributed by atoms with Crippen LogP contribution in [0.2, 0.25) is 0 Å². The molecule has 1 aliphatic rings. The predicted octanol–water partition coefficient (Wildman–Crippen LogP) is 1.66. The van der Waals surface area contributed by atoms with Gasteiger partial charge in [0.15, 0.2) is 0 Å². The average Bonchev–Trinajstić information content (AvgIpc) is 3.97. The number of benzene rings is 2. The number of fused-ring (bicyclic) bond motifs is 1. The first kappa shape index (κ1) is 67.4. The lowest BCUT2D eigenvalue weighted by Crippen LogP contribution is -2.56. The molecule has 2 heterocycles. The second-order valence-corrected chi connectivity index (χ2v) is 21.7. The number of carbonyl (C=O) groups excluding carboxylic acids is 6. The van der Waals surface area contributed by atoms with Gasteiger partial charge in [0.1, 0.15) is 23.9 Å². The molecule has 0 spiro atoms. The van der Waals surface area contributed by atoms with Gasteiger partial charge in [-0.15, -0.1) is 0 Å². The van der Waals surface area contributed by atoms with Gasteiger partial charge in [-0.25, -0.2) is 9.59 Å². The molecule has 4 rings (SSSR count). The highest BCUT2D eigenvalue weighted by atomic mass is 32.2. The lowest BCUT2D eigenvalue weighted by atomic mass is 10.0. The highest BCUT2D eigenvalue weighted by Gasteiger charge is 2.31. The molecule has 2 aromatic carbocycles. The van der Waals surface area contributed by atoms with Gasteiger partial charge in [0.25, 0.3) is 5.91 Å². The van der Waals surface area contributed by atoms with Crippen molar-refractivity contribution < 1.29 is 68.4 Å². The van der Waals surface area contributed by atoms with Gasteiger partial charge in [-0.2, -0.15) is 11.8 Å². The number of unbranched alkanes of at least 4 members (excludes halogenated alkanes) is 3. The molecule has 1 aliphatic heterocycles. The number of hydrogen-bond acceptors (Lipinski definition) is 15. The molecule has 26 heteroatoms. The van der Waals surface area contributed by atoms with Crippen molar-refractivity contribution in [1.82, 2.24) is 56.5 Å². The maximum absolute atomic E-state index is 14.2. The quantitative estimate of drug-likeness (QED) is 0.0379. The fraction of sp³-hybridized carbons (Fsp3) is 0.571. The Morgan fingerprint density at radius 3 is 1.65 bits per heavy atom. The minimum Gasteiger partial charge on any atom is -0.480 e. The van der Waals surface area contributed by atoms with Crippen LogP contribution in [0.1, 0.15) is 86.7 Å². The van der Waals surface area contributed by atoms with Crippen molar-refractivity contribution in [3.05, 3.63) is 71.4 Å². The summed E-state index contributed by atoms with van der Waals surface area (Å²) in [6, 6.07) is 9.69. The molecule has 1 aromatic heterocycles. The van der Waals surface area contributed by atoms with Gasteiger partial charge in [-0.3, -0.25) is 58.0 Å². The number of thioether (sulfide) groups is 1. The zero-order valence-corrected chi connectivity index (χ0v) is 48.1. The number of carboxylic acids is 4. The number of rotatable bonds is 34. The SMILES string of the molecule is CSCCC(NC(=O)c1ccc(CNC(=O)CN2CCN(CC(=O)O)CCN(CC(=O)O)CCN(CC(=O)O)CC2)cc1)C(=O)N[C@@H](Cc1c[nH]c2ccccc12)C(=O)NC(CCCCNC(=O)NCCCCCC(=O)C(C)C)C(=O)O. The number of H-pyrrole nitrogens is 1. The predicted molar refractivity (Wildman–Crippen MR) is 308 cm³/mol. The zero-order chi connectivity index (χ0) is 60.0. The summed E-state index contributed by atoms with van der Waals surface area (Å²) < 4.78 is 0. The lowest BCUT2D eigenvalue weighted by Gasteiger charge is -2.32. The molecule has 2 unspecified atom stereocenters. The maximum Gasteiger partial charge on any atom is 0.326 e. The molecule has 1 saturated heterocycles. The third-order valence-electron chi connectivity index (χ3n) is 13.9. The number of nitrogens with one attached hydrogen (secondary N) is 7. The van der Waals surface area contributed by atoms with Crippen LogP contribution in [0, 0.1) is 5.92 Å². The summed E-state index contributed by atoms with van der Waals surface area (Å²) in [6.07, 6.45) is 7.35. The van der Waals surface area contributed by atoms with Crippen LogP contribution >= 0.6 is 11.8 Å². The summed E-state index contributed by atoms with van der Waals surface area (Å²) in [7, 11) is 0. The first-order valence-electron chi connectivity index (χ1n) is 27.8. The summed E-state index contributed by atoms with van der Waals surface area (Å²) >= 11 is 1.45. The van der Waals surface area contributed by atoms with E-state index in [1.54, 1.807) is 37.9 Å². The molecule has 82 heavy (non-hydrogen) atoms. The molecule has 6 amide bonds. The van der Waals surface area contributed by atoms with Crippen molar-refractivity contribution in [1.29, 1.82) is 0 Å². The Balaban J connectivity index is 1.36. The molecule has 0 aliphatic carbocycles. The van der Waals surface area contributed by atoms with Gasteiger partial charge < -0.3 is 57.3 Å². The van der Waals surface area contributed by atoms with Crippen LogP contribution in [0.4, 0.5) is 4.79 Å². The molecule has 11 N–H and O–H groups in total. The number of hydrogen-bond donors (Lipinski definition) is 11. The first-order chi connectivity index (χ1) is 39.2. The van der Waals surface area contributed by atoms with E-state index in [4.69, 9.17) is 0 Å². The van der Waals surface area contributed by atoms with E-state index >= 15 is 0 Å². The number of amides is 6. The Morgan fingerprint density at radius 2 is 1.11 bits per heavy atom. The second-order valence-electron chi connectivity index (χ2n) is 20.7. The van der Waals surface area contributed by atoms with Gasteiger partial charge in [-0.1, -0.05) is 50.6 Å². The monoisotopic (exact) mass is 1170 g/mol. The van der Waals surface area contributed by atoms with E-state index in [2.05, 4.69) is 36.9 Å². The van der Waals surface area contributed by atoms with Crippen molar-refractivity contribution >= 4 is 82.0 Å². The first-order valence-corrected chi connectivity index (χ1v) is 29.2. The van der Waals surface area contributed by atoms with Crippen molar-refractivity contribution in [3.8, 4) is 0 Å². The Kier molecular flexibility index (Phi) is 29.9. The number of ketones is 1. The van der Waals surface area contributed by atoms with Gasteiger partial charge in [-0.05, 0) is 79.9 Å². The molecular weight excluding hydrogens is 1080 g/mol. The molecule has 1 fully saturated rings. The van der Waals surface area contributed by atoms with Crippen LogP contribution in [0.5, 0.6) is 0 Å². The van der Waals surface area contributed by atoms with Crippen LogP contribution in [0.3, 0.4) is 0 Å². The summed E-state index contributed by atoms with van der Waals surface area (Å²) in [6.45, 7) is 5.52. The van der Waals surface area contributed by atoms with E-state index in [9.17, 15) is 68.4 Å². The number of aromatic amines is 1. The zero-order valence-electron chi connectivity index (χ0n) is 47.3. The van der Waals surface area contributed by atoms with Gasteiger partial charge in [0.05, 0.1) is 26.2 Å². The number of aromatic nitrogens is 1. The number of para-hydroxylation sites is 1. The average molecular weight is 1170 g/mol. The highest BCUT2D eigenvalue weighted by molar-refractivity contribution is 7.98. The van der Waals surface area contributed by atoms with Crippen molar-refractivity contribution in [2.75, 3.05) is 104 Å². The van der Waals surface area contributed by atoms with E-state index < -0.39 is 59.7 Å². The normalized spacial score (nSPS) is 15.2. The van der Waals surface area contributed by atoms with Gasteiger partial charge in [0, 0.05) is 113 Å². The molecule has 0 bridgehead atoms. The van der Waals surface area contributed by atoms with Crippen molar-refractivity contribution in [2.45, 2.75) is 96.3 Å². The third-order valence-corrected chi connectivity index (χ3v) is 14.5. The summed E-state index contributed by atoms with van der Waals surface area (Å²) in [5.74, 6) is -6.14. The number of carboxylic acid groups (broad SMARTS) is 4. The largest absolute Gasteiger partial charge is 0.480 e. The van der Waals surface area contributed by atoms with Gasteiger partial charge >= 0.3 is 29.9 Å². The van der Waals surface area contributed by atoms with Crippen LogP contribution in [-0.2, 0) is 51.3 Å². The summed E-state index contributed by atoms with van der Waals surface area (Å²) in [5.41, 5.74) is 2.32. The van der Waals surface area contributed by atoms with E-state index in [1.807, 2.05) is 44.4 Å². The minimum absolute atomic E-state index is 0.00599. The number of aliphatic carboxylic acids is 4. The van der Waals surface area contributed by atoms with Crippen LogP contribution < -0.4 is 31.9 Å². The summed E-state index contributed by atoms with van der Waals surface area (Å²) in [5, 5.41) is 56.1. The number of carbonyl (C=O) groups is 10. The summed E-state index contributed by atoms with van der Waals surface area (Å²) in [4.78, 5) is 137. The van der Waals surface area contributed by atoms with E-state index in [-0.39, 0.29) is 140 Å². The van der Waals surface area contributed by atoms with Crippen molar-refractivity contribution in [2.24, 2.45) is 5.92 Å². The Bertz CT molecular complexity index is 2550. The molecule has 25 nitrogen and oxygen atoms in total. The lowest BCUT2D eigenvalue weighted by molar-refractivity contribution is -0.142. The topological polar surface area (TPSA) is 353 Å². The van der Waals surface area contributed by atoms with Crippen molar-refractivity contribution in [3.63, 3.8) is 0 Å². The Morgan fingerprint density at radius 1 is 0.585 bits per heavy atom. The van der Waals surface area contributed by atoms with E-state index in [1.165, 1.54) is 23.9 Å². The fourth-order valence-electron chi connectivity index (χ4n) is 9.13. The Labute approximate surface area is 482 Å². The molecule has 0 radical (unpaired) electrons. The molecule has 3 atom stereocenters.